The molecule has 0 amide bonds. The molecule has 1 aromatic carbocycles. The molecule has 2 aliphatic rings. The second-order valence-corrected chi connectivity index (χ2v) is 11.6. The highest BCUT2D eigenvalue weighted by molar-refractivity contribution is 7.19. The first kappa shape index (κ1) is 25.4. The number of benzene rings is 1. The number of likely N-dealkylation sites (tertiary alicyclic amines) is 1. The number of thiophene rings is 1. The summed E-state index contributed by atoms with van der Waals surface area (Å²) < 4.78 is 23.3. The molecule has 2 aliphatic heterocycles. The second-order valence-electron chi connectivity index (χ2n) is 10.5. The first-order chi connectivity index (χ1) is 18.4. The lowest BCUT2D eigenvalue weighted by atomic mass is 10.0. The zero-order valence-electron chi connectivity index (χ0n) is 22.2. The fourth-order valence-electron chi connectivity index (χ4n) is 5.42. The molecule has 2 atom stereocenters. The molecule has 8 nitrogen and oxygen atoms in total. The summed E-state index contributed by atoms with van der Waals surface area (Å²) in [5.74, 6) is 1.48. The maximum absolute atomic E-state index is 14.8. The molecule has 6 rings (SSSR count). The number of rotatable bonds is 6. The molecule has 0 spiro atoms. The van der Waals surface area contributed by atoms with Crippen molar-refractivity contribution in [2.24, 2.45) is 0 Å². The van der Waals surface area contributed by atoms with Gasteiger partial charge < -0.3 is 14.5 Å². The van der Waals surface area contributed by atoms with Crippen LogP contribution in [0.2, 0.25) is 0 Å². The van der Waals surface area contributed by atoms with Crippen LogP contribution >= 0.6 is 11.3 Å². The molecule has 200 valence electrons. The van der Waals surface area contributed by atoms with Gasteiger partial charge in [-0.2, -0.15) is 10.1 Å². The molecular formula is C28H34FN7OS. The van der Waals surface area contributed by atoms with Gasteiger partial charge in [-0.25, -0.2) is 14.1 Å². The Balaban J connectivity index is 1.32. The third kappa shape index (κ3) is 5.18. The molecule has 2 saturated heterocycles. The van der Waals surface area contributed by atoms with E-state index in [9.17, 15) is 4.39 Å². The topological polar surface area (TPSA) is 62.6 Å². The third-order valence-corrected chi connectivity index (χ3v) is 8.55. The summed E-state index contributed by atoms with van der Waals surface area (Å²) >= 11 is 1.72. The van der Waals surface area contributed by atoms with Crippen LogP contribution in [0.15, 0.2) is 42.6 Å². The Morgan fingerprint density at radius 2 is 1.95 bits per heavy atom. The maximum atomic E-state index is 14.8. The van der Waals surface area contributed by atoms with Crippen molar-refractivity contribution in [3.63, 3.8) is 0 Å². The summed E-state index contributed by atoms with van der Waals surface area (Å²) in [6.45, 7) is 7.08. The number of aryl methyl sites for hydroxylation is 1. The van der Waals surface area contributed by atoms with Gasteiger partial charge in [-0.05, 0) is 45.6 Å². The summed E-state index contributed by atoms with van der Waals surface area (Å²) in [5.41, 5.74) is 4.06. The Bertz CT molecular complexity index is 1410. The van der Waals surface area contributed by atoms with Crippen molar-refractivity contribution in [2.75, 3.05) is 58.4 Å². The molecule has 0 aliphatic carbocycles. The molecular weight excluding hydrogens is 501 g/mol. The molecule has 0 radical (unpaired) electrons. The van der Waals surface area contributed by atoms with Crippen LogP contribution in [0, 0.1) is 6.92 Å². The van der Waals surface area contributed by atoms with Gasteiger partial charge in [-0.15, -0.1) is 11.3 Å². The standard InChI is InChI=1S/C28H34FN7OS/c1-19-5-4-6-20(15-19)23-7-10-36(32-23)28-30-24-16-21(17-34-9-8-25(33(2)3)22(29)18-34)38-26(24)27(31-28)35-11-13-37-14-12-35/h4-7,10,15-16,22,25H,8-9,11-14,17-18H2,1-3H3. The summed E-state index contributed by atoms with van der Waals surface area (Å²) in [6.07, 6.45) is 1.92. The van der Waals surface area contributed by atoms with Crippen LogP contribution in [0.4, 0.5) is 10.2 Å². The van der Waals surface area contributed by atoms with Crippen molar-refractivity contribution >= 4 is 27.4 Å². The minimum absolute atomic E-state index is 0.00577. The highest BCUT2D eigenvalue weighted by Gasteiger charge is 2.31. The van der Waals surface area contributed by atoms with Gasteiger partial charge in [0.1, 0.15) is 6.17 Å². The van der Waals surface area contributed by atoms with Crippen molar-refractivity contribution < 1.29 is 9.13 Å². The van der Waals surface area contributed by atoms with E-state index in [1.54, 1.807) is 16.0 Å². The predicted molar refractivity (Wildman–Crippen MR) is 150 cm³/mol. The number of ether oxygens (including phenoxy) is 1. The van der Waals surface area contributed by atoms with Crippen LogP contribution in [0.5, 0.6) is 0 Å². The van der Waals surface area contributed by atoms with E-state index >= 15 is 0 Å². The van der Waals surface area contributed by atoms with Crippen molar-refractivity contribution in [1.82, 2.24) is 29.5 Å². The number of hydrogen-bond donors (Lipinski definition) is 0. The van der Waals surface area contributed by atoms with E-state index in [0.717, 1.165) is 59.9 Å². The van der Waals surface area contributed by atoms with Crippen LogP contribution in [-0.2, 0) is 11.3 Å². The normalized spacial score (nSPS) is 21.0. The van der Waals surface area contributed by atoms with E-state index in [-0.39, 0.29) is 6.04 Å². The number of halogens is 1. The number of aromatic nitrogens is 4. The van der Waals surface area contributed by atoms with Gasteiger partial charge in [0.15, 0.2) is 5.82 Å². The lowest BCUT2D eigenvalue weighted by Crippen LogP contribution is -2.49. The van der Waals surface area contributed by atoms with Gasteiger partial charge in [-0.3, -0.25) is 4.90 Å². The van der Waals surface area contributed by atoms with Crippen LogP contribution < -0.4 is 4.90 Å². The number of alkyl halides is 1. The summed E-state index contributed by atoms with van der Waals surface area (Å²) in [4.78, 5) is 17.6. The average Bonchev–Trinajstić information content (AvgIpc) is 3.56. The van der Waals surface area contributed by atoms with Crippen molar-refractivity contribution in [1.29, 1.82) is 0 Å². The van der Waals surface area contributed by atoms with Gasteiger partial charge in [0.25, 0.3) is 5.95 Å². The Labute approximate surface area is 226 Å². The molecule has 10 heteroatoms. The van der Waals surface area contributed by atoms with E-state index < -0.39 is 6.17 Å². The molecule has 2 fully saturated rings. The molecule has 4 aromatic rings. The lowest BCUT2D eigenvalue weighted by Gasteiger charge is -2.37. The van der Waals surface area contributed by atoms with Crippen LogP contribution in [0.25, 0.3) is 27.4 Å². The van der Waals surface area contributed by atoms with Crippen molar-refractivity contribution in [2.45, 2.75) is 32.1 Å². The zero-order valence-corrected chi connectivity index (χ0v) is 23.0. The maximum Gasteiger partial charge on any atom is 0.253 e. The number of piperidine rings is 1. The van der Waals surface area contributed by atoms with Gasteiger partial charge in [0.2, 0.25) is 0 Å². The van der Waals surface area contributed by atoms with Gasteiger partial charge >= 0.3 is 0 Å². The quantitative estimate of drug-likeness (QED) is 0.367. The first-order valence-electron chi connectivity index (χ1n) is 13.2. The lowest BCUT2D eigenvalue weighted by molar-refractivity contribution is 0.0550. The third-order valence-electron chi connectivity index (χ3n) is 7.45. The molecule has 2 unspecified atom stereocenters. The SMILES string of the molecule is Cc1cccc(-c2ccn(-c3nc(N4CCOCC4)c4sc(CN5CCC(N(C)C)C(F)C5)cc4n3)n2)c1. The summed E-state index contributed by atoms with van der Waals surface area (Å²) in [6, 6.07) is 12.5. The number of fused-ring (bicyclic) bond motifs is 1. The fraction of sp³-hybridized carbons (Fsp3) is 0.464. The molecule has 0 N–H and O–H groups in total. The van der Waals surface area contributed by atoms with Gasteiger partial charge in [0, 0.05) is 55.4 Å². The zero-order chi connectivity index (χ0) is 26.2. The number of hydrogen-bond acceptors (Lipinski definition) is 8. The minimum atomic E-state index is -0.842. The van der Waals surface area contributed by atoms with Crippen molar-refractivity contribution in [3.8, 4) is 17.2 Å². The highest BCUT2D eigenvalue weighted by atomic mass is 32.1. The minimum Gasteiger partial charge on any atom is -0.378 e. The van der Waals surface area contributed by atoms with E-state index in [0.29, 0.717) is 25.7 Å². The Morgan fingerprint density at radius 1 is 1.11 bits per heavy atom. The van der Waals surface area contributed by atoms with E-state index in [4.69, 9.17) is 19.8 Å². The summed E-state index contributed by atoms with van der Waals surface area (Å²) in [7, 11) is 3.93. The largest absolute Gasteiger partial charge is 0.378 e. The second kappa shape index (κ2) is 10.7. The number of nitrogens with zero attached hydrogens (tertiary/aromatic N) is 7. The molecule has 38 heavy (non-hydrogen) atoms. The van der Waals surface area contributed by atoms with Crippen LogP contribution in [0.3, 0.4) is 0 Å². The number of anilines is 1. The predicted octanol–water partition coefficient (Wildman–Crippen LogP) is 4.16. The average molecular weight is 536 g/mol. The first-order valence-corrected chi connectivity index (χ1v) is 14.1. The summed E-state index contributed by atoms with van der Waals surface area (Å²) in [5, 5.41) is 4.81. The molecule has 0 bridgehead atoms. The Kier molecular flexibility index (Phi) is 7.13. The van der Waals surface area contributed by atoms with Crippen LogP contribution in [0.1, 0.15) is 16.9 Å². The van der Waals surface area contributed by atoms with Gasteiger partial charge in [-0.1, -0.05) is 23.8 Å². The smallest absolute Gasteiger partial charge is 0.253 e. The number of morpholine rings is 1. The highest BCUT2D eigenvalue weighted by Crippen LogP contribution is 2.34. The Hall–Kier alpha value is -2.92. The monoisotopic (exact) mass is 535 g/mol. The fourth-order valence-corrected chi connectivity index (χ4v) is 6.57. The van der Waals surface area contributed by atoms with E-state index in [1.165, 1.54) is 10.4 Å². The Morgan fingerprint density at radius 3 is 2.71 bits per heavy atom. The van der Waals surface area contributed by atoms with E-state index in [2.05, 4.69) is 41.0 Å². The molecule has 3 aromatic heterocycles. The molecule has 0 saturated carbocycles. The van der Waals surface area contributed by atoms with E-state index in [1.807, 2.05) is 37.3 Å². The van der Waals surface area contributed by atoms with Gasteiger partial charge in [0.05, 0.1) is 29.1 Å². The van der Waals surface area contributed by atoms with Crippen molar-refractivity contribution in [3.05, 3.63) is 53.0 Å². The van der Waals surface area contributed by atoms with Crippen LogP contribution in [-0.4, -0.2) is 95.2 Å². The molecule has 5 heterocycles.